The second-order valence-electron chi connectivity index (χ2n) is 2.70. The van der Waals surface area contributed by atoms with Gasteiger partial charge < -0.3 is 16.5 Å². The van der Waals surface area contributed by atoms with Crippen LogP contribution in [0.4, 0.5) is 0 Å². The van der Waals surface area contributed by atoms with Crippen molar-refractivity contribution in [2.45, 2.75) is 19.4 Å². The van der Waals surface area contributed by atoms with E-state index >= 15 is 0 Å². The number of H-pyrrole nitrogens is 1. The summed E-state index contributed by atoms with van der Waals surface area (Å²) in [6.45, 7) is 1.82. The number of primary amides is 1. The van der Waals surface area contributed by atoms with Crippen molar-refractivity contribution in [3.05, 3.63) is 17.7 Å². The first-order chi connectivity index (χ1) is 5.59. The summed E-state index contributed by atoms with van der Waals surface area (Å²) >= 11 is 0. The van der Waals surface area contributed by atoms with Gasteiger partial charge in [0.15, 0.2) is 0 Å². The van der Waals surface area contributed by atoms with E-state index < -0.39 is 5.91 Å². The summed E-state index contributed by atoms with van der Waals surface area (Å²) in [5, 5.41) is 0. The van der Waals surface area contributed by atoms with Crippen LogP contribution in [0.15, 0.2) is 6.20 Å². The summed E-state index contributed by atoms with van der Waals surface area (Å²) in [7, 11) is 0. The molecule has 0 saturated heterocycles. The van der Waals surface area contributed by atoms with E-state index in [-0.39, 0.29) is 12.5 Å². The van der Waals surface area contributed by atoms with Crippen molar-refractivity contribution in [1.82, 2.24) is 9.97 Å². The zero-order chi connectivity index (χ0) is 9.14. The van der Waals surface area contributed by atoms with Gasteiger partial charge in [-0.1, -0.05) is 0 Å². The van der Waals surface area contributed by atoms with Crippen LogP contribution in [0.3, 0.4) is 0 Å². The molecule has 0 radical (unpaired) electrons. The molecule has 66 valence electrons. The van der Waals surface area contributed by atoms with Crippen LogP contribution in [0.5, 0.6) is 0 Å². The monoisotopic (exact) mass is 168 g/mol. The Bertz CT molecular complexity index is 281. The van der Waals surface area contributed by atoms with Crippen molar-refractivity contribution in [1.29, 1.82) is 0 Å². The number of aromatic nitrogens is 2. The van der Waals surface area contributed by atoms with E-state index in [2.05, 4.69) is 9.97 Å². The predicted octanol–water partition coefficient (Wildman–Crippen LogP) is -0.407. The van der Waals surface area contributed by atoms with Gasteiger partial charge in [0.1, 0.15) is 5.82 Å². The molecule has 1 heterocycles. The quantitative estimate of drug-likeness (QED) is 0.572. The molecule has 1 atom stereocenters. The highest BCUT2D eigenvalue weighted by Gasteiger charge is 2.10. The van der Waals surface area contributed by atoms with Gasteiger partial charge in [0.05, 0.1) is 11.7 Å². The van der Waals surface area contributed by atoms with Gasteiger partial charge in [0.2, 0.25) is 5.91 Å². The maximum Gasteiger partial charge on any atom is 0.219 e. The molecule has 0 aliphatic rings. The molecule has 0 bridgehead atoms. The molecule has 1 aromatic heterocycles. The lowest BCUT2D eigenvalue weighted by molar-refractivity contribution is -0.118. The van der Waals surface area contributed by atoms with Crippen LogP contribution in [-0.2, 0) is 4.79 Å². The number of aromatic amines is 1. The summed E-state index contributed by atoms with van der Waals surface area (Å²) in [4.78, 5) is 17.4. The average Bonchev–Trinajstić information content (AvgIpc) is 2.34. The van der Waals surface area contributed by atoms with Crippen LogP contribution in [0.25, 0.3) is 0 Å². The van der Waals surface area contributed by atoms with E-state index in [1.165, 1.54) is 0 Å². The number of amides is 1. The van der Waals surface area contributed by atoms with Crippen molar-refractivity contribution >= 4 is 5.91 Å². The fraction of sp³-hybridized carbons (Fsp3) is 0.429. The van der Waals surface area contributed by atoms with Gasteiger partial charge >= 0.3 is 0 Å². The lowest BCUT2D eigenvalue weighted by Crippen LogP contribution is -2.20. The number of hydrogen-bond donors (Lipinski definition) is 3. The maximum absolute atomic E-state index is 10.5. The summed E-state index contributed by atoms with van der Waals surface area (Å²) in [5.41, 5.74) is 11.4. The van der Waals surface area contributed by atoms with Gasteiger partial charge in [-0.3, -0.25) is 4.79 Å². The summed E-state index contributed by atoms with van der Waals surface area (Å²) in [5.74, 6) is 0.375. The molecule has 5 N–H and O–H groups in total. The van der Waals surface area contributed by atoms with Crippen LogP contribution in [0, 0.1) is 6.92 Å². The largest absolute Gasteiger partial charge is 0.370 e. The maximum atomic E-state index is 10.5. The molecule has 0 fully saturated rings. The van der Waals surface area contributed by atoms with Crippen molar-refractivity contribution in [3.63, 3.8) is 0 Å². The molecule has 1 unspecified atom stereocenters. The molecule has 0 saturated carbocycles. The Morgan fingerprint density at radius 3 is 2.92 bits per heavy atom. The van der Waals surface area contributed by atoms with E-state index in [0.717, 1.165) is 11.5 Å². The molecular weight excluding hydrogens is 156 g/mol. The van der Waals surface area contributed by atoms with Crippen molar-refractivity contribution < 1.29 is 4.79 Å². The Labute approximate surface area is 70.2 Å². The SMILES string of the molecule is Cc1ncc(C(N)CC(N)=O)[nH]1. The number of imidazole rings is 1. The van der Waals surface area contributed by atoms with E-state index in [9.17, 15) is 4.79 Å². The van der Waals surface area contributed by atoms with Crippen LogP contribution in [0.1, 0.15) is 24.0 Å². The van der Waals surface area contributed by atoms with E-state index in [0.29, 0.717) is 0 Å². The molecule has 5 heteroatoms. The lowest BCUT2D eigenvalue weighted by Gasteiger charge is -2.04. The first kappa shape index (κ1) is 8.73. The zero-order valence-electron chi connectivity index (χ0n) is 6.87. The molecule has 0 aliphatic heterocycles. The van der Waals surface area contributed by atoms with Gasteiger partial charge in [-0.2, -0.15) is 0 Å². The van der Waals surface area contributed by atoms with E-state index in [1.54, 1.807) is 6.20 Å². The second kappa shape index (κ2) is 3.36. The number of rotatable bonds is 3. The Kier molecular flexibility index (Phi) is 2.44. The minimum absolute atomic E-state index is 0.141. The third kappa shape index (κ3) is 2.06. The first-order valence-corrected chi connectivity index (χ1v) is 3.65. The number of nitrogens with one attached hydrogen (secondary N) is 1. The fourth-order valence-electron chi connectivity index (χ4n) is 0.955. The molecule has 1 rings (SSSR count). The standard InChI is InChI=1S/C7H12N4O/c1-4-10-3-6(11-4)5(8)2-7(9)12/h3,5H,2,8H2,1H3,(H2,9,12)(H,10,11). The minimum Gasteiger partial charge on any atom is -0.370 e. The van der Waals surface area contributed by atoms with Gasteiger partial charge in [-0.05, 0) is 6.92 Å². The van der Waals surface area contributed by atoms with Gasteiger partial charge in [0, 0.05) is 12.6 Å². The molecule has 0 spiro atoms. The van der Waals surface area contributed by atoms with Crippen molar-refractivity contribution in [3.8, 4) is 0 Å². The number of nitrogens with two attached hydrogens (primary N) is 2. The zero-order valence-corrected chi connectivity index (χ0v) is 6.87. The Morgan fingerprint density at radius 2 is 2.50 bits per heavy atom. The third-order valence-corrected chi connectivity index (χ3v) is 1.54. The molecule has 0 aromatic carbocycles. The first-order valence-electron chi connectivity index (χ1n) is 3.65. The highest BCUT2D eigenvalue weighted by molar-refractivity contribution is 5.74. The molecule has 1 amide bonds. The smallest absolute Gasteiger partial charge is 0.219 e. The van der Waals surface area contributed by atoms with E-state index in [1.807, 2.05) is 6.92 Å². The fourth-order valence-corrected chi connectivity index (χ4v) is 0.955. The molecule has 5 nitrogen and oxygen atoms in total. The summed E-state index contributed by atoms with van der Waals surface area (Å²) < 4.78 is 0. The predicted molar refractivity (Wildman–Crippen MR) is 44.1 cm³/mol. The van der Waals surface area contributed by atoms with Crippen LogP contribution >= 0.6 is 0 Å². The van der Waals surface area contributed by atoms with Gasteiger partial charge in [0.25, 0.3) is 0 Å². The molecule has 1 aromatic rings. The second-order valence-corrected chi connectivity index (χ2v) is 2.70. The van der Waals surface area contributed by atoms with E-state index in [4.69, 9.17) is 11.5 Å². The van der Waals surface area contributed by atoms with Gasteiger partial charge in [-0.25, -0.2) is 4.98 Å². The average molecular weight is 168 g/mol. The Balaban J connectivity index is 2.64. The summed E-state index contributed by atoms with van der Waals surface area (Å²) in [6, 6.07) is -0.372. The number of nitrogens with zero attached hydrogens (tertiary/aromatic N) is 1. The molecule has 12 heavy (non-hydrogen) atoms. The highest BCUT2D eigenvalue weighted by Crippen LogP contribution is 2.09. The number of carbonyl (C=O) groups excluding carboxylic acids is 1. The van der Waals surface area contributed by atoms with Gasteiger partial charge in [-0.15, -0.1) is 0 Å². The summed E-state index contributed by atoms with van der Waals surface area (Å²) in [6.07, 6.45) is 1.75. The molecule has 0 aliphatic carbocycles. The highest BCUT2D eigenvalue weighted by atomic mass is 16.1. The normalized spacial score (nSPS) is 12.8. The van der Waals surface area contributed by atoms with Crippen molar-refractivity contribution in [2.75, 3.05) is 0 Å². The third-order valence-electron chi connectivity index (χ3n) is 1.54. The topological polar surface area (TPSA) is 97.8 Å². The number of carbonyl (C=O) groups is 1. The lowest BCUT2D eigenvalue weighted by atomic mass is 10.1. The molecular formula is C7H12N4O. The van der Waals surface area contributed by atoms with Crippen LogP contribution in [0.2, 0.25) is 0 Å². The van der Waals surface area contributed by atoms with Crippen LogP contribution in [-0.4, -0.2) is 15.9 Å². The number of aryl methyl sites for hydroxylation is 1. The Morgan fingerprint density at radius 1 is 1.83 bits per heavy atom. The van der Waals surface area contributed by atoms with Crippen LogP contribution < -0.4 is 11.5 Å². The van der Waals surface area contributed by atoms with Crippen molar-refractivity contribution in [2.24, 2.45) is 11.5 Å². The number of hydrogen-bond acceptors (Lipinski definition) is 3. The minimum atomic E-state index is -0.408. The Hall–Kier alpha value is -1.36.